The van der Waals surface area contributed by atoms with Crippen LogP contribution in [0.5, 0.6) is 5.75 Å². The number of hydrogen-bond acceptors (Lipinski definition) is 4. The van der Waals surface area contributed by atoms with Crippen molar-refractivity contribution in [2.24, 2.45) is 5.92 Å². The zero-order chi connectivity index (χ0) is 21.2. The summed E-state index contributed by atoms with van der Waals surface area (Å²) < 4.78 is 6.20. The van der Waals surface area contributed by atoms with Crippen LogP contribution < -0.4 is 9.64 Å². The molecule has 6 heteroatoms. The molecule has 2 aliphatic heterocycles. The highest BCUT2D eigenvalue weighted by molar-refractivity contribution is 5.95. The number of ether oxygens (including phenoxy) is 1. The Hall–Kier alpha value is -2.08. The molecule has 31 heavy (non-hydrogen) atoms. The lowest BCUT2D eigenvalue weighted by molar-refractivity contribution is -0.139. The third kappa shape index (κ3) is 4.59. The first-order valence-electron chi connectivity index (χ1n) is 12.3. The number of benzene rings is 1. The SMILES string of the molecule is O=C1CCCN1c1ccc(O[C@H]2CC[C@H](C(=O)N3CCN(C4CCC4)CC3)CC2)cc1. The van der Waals surface area contributed by atoms with Crippen molar-refractivity contribution in [1.29, 1.82) is 0 Å². The van der Waals surface area contributed by atoms with E-state index >= 15 is 0 Å². The van der Waals surface area contributed by atoms with Gasteiger partial charge in [0.2, 0.25) is 11.8 Å². The van der Waals surface area contributed by atoms with Gasteiger partial charge in [0.1, 0.15) is 5.75 Å². The molecule has 0 radical (unpaired) electrons. The largest absolute Gasteiger partial charge is 0.490 e. The van der Waals surface area contributed by atoms with E-state index in [9.17, 15) is 9.59 Å². The molecule has 1 aromatic carbocycles. The highest BCUT2D eigenvalue weighted by Crippen LogP contribution is 2.31. The van der Waals surface area contributed by atoms with E-state index in [1.807, 2.05) is 29.2 Å². The molecule has 2 saturated carbocycles. The molecule has 1 aromatic rings. The molecule has 0 N–H and O–H groups in total. The molecule has 0 atom stereocenters. The number of rotatable bonds is 5. The van der Waals surface area contributed by atoms with Crippen LogP contribution in [0.3, 0.4) is 0 Å². The molecule has 2 amide bonds. The molecule has 168 valence electrons. The van der Waals surface area contributed by atoms with E-state index < -0.39 is 0 Å². The summed E-state index contributed by atoms with van der Waals surface area (Å²) in [6.45, 7) is 4.71. The minimum Gasteiger partial charge on any atom is -0.490 e. The predicted octanol–water partition coefficient (Wildman–Crippen LogP) is 3.45. The van der Waals surface area contributed by atoms with Crippen LogP contribution >= 0.6 is 0 Å². The van der Waals surface area contributed by atoms with E-state index in [0.29, 0.717) is 12.3 Å². The molecule has 0 bridgehead atoms. The third-order valence-corrected chi connectivity index (χ3v) is 7.77. The fourth-order valence-electron chi connectivity index (χ4n) is 5.56. The monoisotopic (exact) mass is 425 g/mol. The zero-order valence-corrected chi connectivity index (χ0v) is 18.5. The summed E-state index contributed by atoms with van der Waals surface area (Å²) in [5.41, 5.74) is 0.960. The lowest BCUT2D eigenvalue weighted by Crippen LogP contribution is -2.54. The van der Waals surface area contributed by atoms with Crippen molar-refractivity contribution in [3.05, 3.63) is 24.3 Å². The predicted molar refractivity (Wildman–Crippen MR) is 120 cm³/mol. The zero-order valence-electron chi connectivity index (χ0n) is 18.5. The summed E-state index contributed by atoms with van der Waals surface area (Å²) in [5.74, 6) is 1.60. The fraction of sp³-hybridized carbons (Fsp3) is 0.680. The summed E-state index contributed by atoms with van der Waals surface area (Å²) >= 11 is 0. The van der Waals surface area contributed by atoms with Crippen LogP contribution in [0.25, 0.3) is 0 Å². The van der Waals surface area contributed by atoms with Gasteiger partial charge in [0, 0.05) is 56.8 Å². The molecule has 2 heterocycles. The summed E-state index contributed by atoms with van der Waals surface area (Å²) in [6, 6.07) is 8.70. The van der Waals surface area contributed by atoms with Gasteiger partial charge < -0.3 is 14.5 Å². The van der Waals surface area contributed by atoms with E-state index in [0.717, 1.165) is 82.3 Å². The Balaban J connectivity index is 1.06. The highest BCUT2D eigenvalue weighted by Gasteiger charge is 2.34. The molecule has 2 saturated heterocycles. The van der Waals surface area contributed by atoms with Gasteiger partial charge in [-0.1, -0.05) is 6.42 Å². The van der Waals surface area contributed by atoms with E-state index in [1.54, 1.807) is 0 Å². The molecule has 0 spiro atoms. The smallest absolute Gasteiger partial charge is 0.227 e. The van der Waals surface area contributed by atoms with Crippen LogP contribution in [-0.2, 0) is 9.59 Å². The van der Waals surface area contributed by atoms with Gasteiger partial charge >= 0.3 is 0 Å². The summed E-state index contributed by atoms with van der Waals surface area (Å²) in [7, 11) is 0. The molecule has 2 aliphatic carbocycles. The van der Waals surface area contributed by atoms with E-state index in [4.69, 9.17) is 4.74 Å². The van der Waals surface area contributed by atoms with Crippen LogP contribution in [0.1, 0.15) is 57.8 Å². The molecular weight excluding hydrogens is 390 g/mol. The number of carbonyl (C=O) groups is 2. The van der Waals surface area contributed by atoms with Crippen molar-refractivity contribution < 1.29 is 14.3 Å². The maximum absolute atomic E-state index is 13.0. The second-order valence-electron chi connectivity index (χ2n) is 9.68. The molecule has 6 nitrogen and oxygen atoms in total. The van der Waals surface area contributed by atoms with E-state index in [1.165, 1.54) is 19.3 Å². The molecule has 0 aromatic heterocycles. The van der Waals surface area contributed by atoms with Crippen molar-refractivity contribution in [3.63, 3.8) is 0 Å². The first-order valence-corrected chi connectivity index (χ1v) is 12.3. The Labute approximate surface area is 185 Å². The Morgan fingerprint density at radius 2 is 1.55 bits per heavy atom. The van der Waals surface area contributed by atoms with E-state index in [-0.39, 0.29) is 17.9 Å². The fourth-order valence-corrected chi connectivity index (χ4v) is 5.56. The number of hydrogen-bond donors (Lipinski definition) is 0. The van der Waals surface area contributed by atoms with Crippen LogP contribution in [-0.4, -0.2) is 66.5 Å². The second kappa shape index (κ2) is 9.19. The molecule has 0 unspecified atom stereocenters. The van der Waals surface area contributed by atoms with Crippen LogP contribution in [0.2, 0.25) is 0 Å². The average Bonchev–Trinajstić information content (AvgIpc) is 3.20. The molecule has 4 fully saturated rings. The Morgan fingerprint density at radius 1 is 0.839 bits per heavy atom. The van der Waals surface area contributed by atoms with Crippen LogP contribution in [0, 0.1) is 5.92 Å². The summed E-state index contributed by atoms with van der Waals surface area (Å²) in [4.78, 5) is 31.5. The maximum atomic E-state index is 13.0. The van der Waals surface area contributed by atoms with Crippen molar-refractivity contribution in [3.8, 4) is 5.75 Å². The van der Waals surface area contributed by atoms with Gasteiger partial charge in [-0.15, -0.1) is 0 Å². The number of amides is 2. The van der Waals surface area contributed by atoms with Gasteiger partial charge in [-0.3, -0.25) is 14.5 Å². The van der Waals surface area contributed by atoms with Gasteiger partial charge in [-0.2, -0.15) is 0 Å². The van der Waals surface area contributed by atoms with Crippen molar-refractivity contribution in [1.82, 2.24) is 9.80 Å². The van der Waals surface area contributed by atoms with Gasteiger partial charge in [0.25, 0.3) is 0 Å². The first-order chi connectivity index (χ1) is 15.2. The second-order valence-corrected chi connectivity index (χ2v) is 9.68. The lowest BCUT2D eigenvalue weighted by atomic mass is 9.86. The normalized spacial score (nSPS) is 27.9. The maximum Gasteiger partial charge on any atom is 0.227 e. The van der Waals surface area contributed by atoms with Gasteiger partial charge in [-0.25, -0.2) is 0 Å². The van der Waals surface area contributed by atoms with Crippen LogP contribution in [0.15, 0.2) is 24.3 Å². The topological polar surface area (TPSA) is 53.1 Å². The summed E-state index contributed by atoms with van der Waals surface area (Å²) in [6.07, 6.45) is 9.55. The van der Waals surface area contributed by atoms with Crippen molar-refractivity contribution in [2.75, 3.05) is 37.6 Å². The quantitative estimate of drug-likeness (QED) is 0.725. The number of anilines is 1. The average molecular weight is 426 g/mol. The van der Waals surface area contributed by atoms with Gasteiger partial charge in [0.05, 0.1) is 6.10 Å². The Kier molecular flexibility index (Phi) is 6.17. The summed E-state index contributed by atoms with van der Waals surface area (Å²) in [5, 5.41) is 0. The third-order valence-electron chi connectivity index (χ3n) is 7.77. The lowest BCUT2D eigenvalue weighted by Gasteiger charge is -2.43. The van der Waals surface area contributed by atoms with Crippen LogP contribution in [0.4, 0.5) is 5.69 Å². The molecule has 4 aliphatic rings. The Bertz CT molecular complexity index is 776. The number of nitrogens with zero attached hydrogens (tertiary/aromatic N) is 3. The Morgan fingerprint density at radius 3 is 2.13 bits per heavy atom. The van der Waals surface area contributed by atoms with Crippen molar-refractivity contribution >= 4 is 17.5 Å². The van der Waals surface area contributed by atoms with Gasteiger partial charge in [0.15, 0.2) is 0 Å². The number of piperazine rings is 1. The highest BCUT2D eigenvalue weighted by atomic mass is 16.5. The van der Waals surface area contributed by atoms with Gasteiger partial charge in [-0.05, 0) is 69.2 Å². The van der Waals surface area contributed by atoms with E-state index in [2.05, 4.69) is 9.80 Å². The standard InChI is InChI=1S/C25H35N3O3/c29-24-5-2-14-28(24)21-8-12-23(13-9-21)31-22-10-6-19(7-11-22)25(30)27-17-15-26(16-18-27)20-3-1-4-20/h8-9,12-13,19-20,22H,1-7,10-11,14-18H2/t19-,22-. The first kappa shape index (κ1) is 20.8. The minimum absolute atomic E-state index is 0.165. The van der Waals surface area contributed by atoms with Crippen molar-refractivity contribution in [2.45, 2.75) is 69.9 Å². The molecule has 5 rings (SSSR count). The number of carbonyl (C=O) groups excluding carboxylic acids is 2. The minimum atomic E-state index is 0.165. The molecular formula is C25H35N3O3.